The molecule has 7 nitrogen and oxygen atoms in total. The zero-order valence-corrected chi connectivity index (χ0v) is 11.4. The number of aliphatic hydroxyl groups is 1. The van der Waals surface area contributed by atoms with E-state index < -0.39 is 17.7 Å². The van der Waals surface area contributed by atoms with Crippen LogP contribution in [-0.4, -0.2) is 47.9 Å². The molecule has 0 fully saturated rings. The lowest BCUT2D eigenvalue weighted by molar-refractivity contribution is -0.145. The predicted octanol–water partition coefficient (Wildman–Crippen LogP) is -0.401. The monoisotopic (exact) mass is 279 g/mol. The van der Waals surface area contributed by atoms with Crippen molar-refractivity contribution >= 4 is 29.1 Å². The van der Waals surface area contributed by atoms with Crippen molar-refractivity contribution in [1.82, 2.24) is 4.90 Å². The third-order valence-corrected chi connectivity index (χ3v) is 2.63. The molecule has 0 aliphatic rings. The van der Waals surface area contributed by atoms with Crippen molar-refractivity contribution in [3.8, 4) is 0 Å². The molecule has 0 saturated carbocycles. The molecule has 0 aliphatic carbocycles. The fourth-order valence-corrected chi connectivity index (χ4v) is 1.58. The summed E-state index contributed by atoms with van der Waals surface area (Å²) in [6.07, 6.45) is 0. The van der Waals surface area contributed by atoms with Gasteiger partial charge in [-0.3, -0.25) is 14.4 Å². The number of anilines is 2. The van der Waals surface area contributed by atoms with E-state index in [-0.39, 0.29) is 18.8 Å². The highest BCUT2D eigenvalue weighted by molar-refractivity contribution is 6.45. The number of hydrogen-bond acceptors (Lipinski definition) is 5. The molecule has 0 aromatic heterocycles. The number of benzene rings is 1. The highest BCUT2D eigenvalue weighted by Crippen LogP contribution is 2.17. The van der Waals surface area contributed by atoms with Gasteiger partial charge in [-0.2, -0.15) is 0 Å². The van der Waals surface area contributed by atoms with Crippen molar-refractivity contribution in [3.63, 3.8) is 0 Å². The molecule has 1 aromatic carbocycles. The highest BCUT2D eigenvalue weighted by atomic mass is 16.3. The van der Waals surface area contributed by atoms with Crippen molar-refractivity contribution in [3.05, 3.63) is 24.3 Å². The van der Waals surface area contributed by atoms with Crippen molar-refractivity contribution in [2.45, 2.75) is 6.92 Å². The Morgan fingerprint density at radius 3 is 2.15 bits per heavy atom. The molecular weight excluding hydrogens is 262 g/mol. The number of rotatable bonds is 3. The van der Waals surface area contributed by atoms with Gasteiger partial charge in [-0.1, -0.05) is 0 Å². The second-order valence-corrected chi connectivity index (χ2v) is 4.20. The number of imide groups is 1. The van der Waals surface area contributed by atoms with Crippen LogP contribution in [0.5, 0.6) is 0 Å². The molecule has 3 amide bonds. The molecule has 0 spiro atoms. The zero-order valence-electron chi connectivity index (χ0n) is 11.4. The second-order valence-electron chi connectivity index (χ2n) is 4.20. The zero-order chi connectivity index (χ0) is 15.3. The van der Waals surface area contributed by atoms with E-state index in [4.69, 9.17) is 10.8 Å². The Morgan fingerprint density at radius 2 is 1.70 bits per heavy atom. The van der Waals surface area contributed by atoms with Crippen LogP contribution in [-0.2, 0) is 14.4 Å². The summed E-state index contributed by atoms with van der Waals surface area (Å²) in [5.41, 5.74) is 6.28. The Kier molecular flexibility index (Phi) is 5.22. The van der Waals surface area contributed by atoms with Crippen LogP contribution in [0.1, 0.15) is 6.92 Å². The van der Waals surface area contributed by atoms with Crippen LogP contribution >= 0.6 is 0 Å². The summed E-state index contributed by atoms with van der Waals surface area (Å²) in [4.78, 5) is 37.4. The molecule has 0 radical (unpaired) electrons. The number of nitrogens with zero attached hydrogens (tertiary/aromatic N) is 2. The summed E-state index contributed by atoms with van der Waals surface area (Å²) < 4.78 is 0. The quantitative estimate of drug-likeness (QED) is 0.578. The van der Waals surface area contributed by atoms with Gasteiger partial charge in [0.15, 0.2) is 0 Å². The van der Waals surface area contributed by atoms with E-state index in [9.17, 15) is 14.4 Å². The molecule has 1 aromatic rings. The number of aliphatic hydroxyl groups excluding tert-OH is 1. The molecule has 0 saturated heterocycles. The van der Waals surface area contributed by atoms with E-state index >= 15 is 0 Å². The molecule has 3 N–H and O–H groups in total. The standard InChI is InChI=1S/C13H17N3O4/c1-9(18)16(11-5-3-10(14)4-6-11)13(20)12(19)15(2)7-8-17/h3-6,17H,7-8,14H2,1-2H3. The molecule has 0 aliphatic heterocycles. The van der Waals surface area contributed by atoms with Crippen LogP contribution in [0.4, 0.5) is 11.4 Å². The topological polar surface area (TPSA) is 104 Å². The first-order valence-corrected chi connectivity index (χ1v) is 5.95. The number of carbonyl (C=O) groups is 3. The Labute approximate surface area is 116 Å². The maximum atomic E-state index is 12.1. The predicted molar refractivity (Wildman–Crippen MR) is 73.7 cm³/mol. The van der Waals surface area contributed by atoms with Gasteiger partial charge in [0, 0.05) is 26.2 Å². The minimum Gasteiger partial charge on any atom is -0.399 e. The summed E-state index contributed by atoms with van der Waals surface area (Å²) in [5, 5.41) is 8.76. The number of amides is 3. The smallest absolute Gasteiger partial charge is 0.323 e. The first kappa shape index (κ1) is 15.6. The van der Waals surface area contributed by atoms with Crippen molar-refractivity contribution in [2.24, 2.45) is 0 Å². The maximum absolute atomic E-state index is 12.1. The fourth-order valence-electron chi connectivity index (χ4n) is 1.58. The van der Waals surface area contributed by atoms with Gasteiger partial charge in [0.2, 0.25) is 5.91 Å². The van der Waals surface area contributed by atoms with Crippen molar-refractivity contribution in [1.29, 1.82) is 0 Å². The second kappa shape index (κ2) is 6.67. The summed E-state index contributed by atoms with van der Waals surface area (Å²) in [6, 6.07) is 6.02. The minimum atomic E-state index is -0.974. The molecule has 20 heavy (non-hydrogen) atoms. The van der Waals surface area contributed by atoms with Crippen molar-refractivity contribution < 1.29 is 19.5 Å². The van der Waals surface area contributed by atoms with E-state index in [1.165, 1.54) is 38.2 Å². The Morgan fingerprint density at radius 1 is 1.15 bits per heavy atom. The molecule has 0 unspecified atom stereocenters. The van der Waals surface area contributed by atoms with Crippen LogP contribution in [0, 0.1) is 0 Å². The average molecular weight is 279 g/mol. The van der Waals surface area contributed by atoms with E-state index in [0.29, 0.717) is 5.69 Å². The molecule has 1 rings (SSSR count). The van der Waals surface area contributed by atoms with Gasteiger partial charge >= 0.3 is 11.8 Å². The molecule has 0 atom stereocenters. The summed E-state index contributed by atoms with van der Waals surface area (Å²) >= 11 is 0. The lowest BCUT2D eigenvalue weighted by atomic mass is 10.2. The van der Waals surface area contributed by atoms with E-state index in [2.05, 4.69) is 0 Å². The number of nitrogens with two attached hydrogens (primary N) is 1. The average Bonchev–Trinajstić information content (AvgIpc) is 2.40. The van der Waals surface area contributed by atoms with Crippen LogP contribution < -0.4 is 10.6 Å². The van der Waals surface area contributed by atoms with Crippen LogP contribution in [0.15, 0.2) is 24.3 Å². The lowest BCUT2D eigenvalue weighted by Crippen LogP contribution is -2.46. The van der Waals surface area contributed by atoms with E-state index in [1.54, 1.807) is 0 Å². The molecule has 0 bridgehead atoms. The van der Waals surface area contributed by atoms with Gasteiger partial charge in [0.05, 0.1) is 12.3 Å². The molecule has 0 heterocycles. The Balaban J connectivity index is 3.02. The number of likely N-dealkylation sites (N-methyl/N-ethyl adjacent to an activating group) is 1. The minimum absolute atomic E-state index is 0.0120. The van der Waals surface area contributed by atoms with Gasteiger partial charge in [-0.05, 0) is 24.3 Å². The SMILES string of the molecule is CC(=O)N(C(=O)C(=O)N(C)CCO)c1ccc(N)cc1. The van der Waals surface area contributed by atoms with Crippen LogP contribution in [0.3, 0.4) is 0 Å². The largest absolute Gasteiger partial charge is 0.399 e. The number of carbonyl (C=O) groups excluding carboxylic acids is 3. The maximum Gasteiger partial charge on any atom is 0.323 e. The van der Waals surface area contributed by atoms with Gasteiger partial charge in [-0.15, -0.1) is 0 Å². The summed E-state index contributed by atoms with van der Waals surface area (Å²) in [6.45, 7) is 0.934. The van der Waals surface area contributed by atoms with Crippen LogP contribution in [0.2, 0.25) is 0 Å². The highest BCUT2D eigenvalue weighted by Gasteiger charge is 2.28. The van der Waals surface area contributed by atoms with E-state index in [0.717, 1.165) is 9.80 Å². The molecule has 108 valence electrons. The summed E-state index contributed by atoms with van der Waals surface area (Å²) in [7, 11) is 1.37. The normalized spacial score (nSPS) is 9.95. The lowest BCUT2D eigenvalue weighted by Gasteiger charge is -2.22. The first-order chi connectivity index (χ1) is 9.38. The van der Waals surface area contributed by atoms with E-state index in [1.807, 2.05) is 0 Å². The van der Waals surface area contributed by atoms with Gasteiger partial charge in [-0.25, -0.2) is 4.90 Å². The third kappa shape index (κ3) is 3.55. The molecular formula is C13H17N3O4. The van der Waals surface area contributed by atoms with Crippen molar-refractivity contribution in [2.75, 3.05) is 30.8 Å². The van der Waals surface area contributed by atoms with Gasteiger partial charge in [0.1, 0.15) is 0 Å². The van der Waals surface area contributed by atoms with Gasteiger partial charge < -0.3 is 15.7 Å². The van der Waals surface area contributed by atoms with Crippen LogP contribution in [0.25, 0.3) is 0 Å². The summed E-state index contributed by atoms with van der Waals surface area (Å²) in [5.74, 6) is -2.42. The number of hydrogen-bond donors (Lipinski definition) is 2. The number of nitrogen functional groups attached to an aromatic ring is 1. The Hall–Kier alpha value is -2.41. The Bertz CT molecular complexity index is 513. The first-order valence-electron chi connectivity index (χ1n) is 5.95. The fraction of sp³-hybridized carbons (Fsp3) is 0.308. The van der Waals surface area contributed by atoms with Gasteiger partial charge in [0.25, 0.3) is 0 Å². The third-order valence-electron chi connectivity index (χ3n) is 2.63. The molecule has 7 heteroatoms.